The first-order valence-corrected chi connectivity index (χ1v) is 17.3. The molecule has 0 radical (unpaired) electrons. The number of ether oxygens (including phenoxy) is 2. The van der Waals surface area contributed by atoms with Crippen molar-refractivity contribution in [3.8, 4) is 11.5 Å². The van der Waals surface area contributed by atoms with E-state index in [2.05, 4.69) is 117 Å². The first-order valence-electron chi connectivity index (χ1n) is 17.3. The highest BCUT2D eigenvalue weighted by molar-refractivity contribution is 5.98. The fourth-order valence-electron chi connectivity index (χ4n) is 7.37. The molecule has 6 aromatic carbocycles. The van der Waals surface area contributed by atoms with Gasteiger partial charge in [0.1, 0.15) is 11.5 Å². The number of rotatable bonds is 8. The van der Waals surface area contributed by atoms with Gasteiger partial charge in [0.25, 0.3) is 0 Å². The maximum Gasteiger partial charge on any atom is 0.340 e. The molecule has 0 saturated carbocycles. The van der Waals surface area contributed by atoms with E-state index < -0.39 is 5.60 Å². The first-order chi connectivity index (χ1) is 24.3. The Balaban J connectivity index is 1.31. The summed E-state index contributed by atoms with van der Waals surface area (Å²) in [6.45, 7) is 9.90. The van der Waals surface area contributed by atoms with Gasteiger partial charge in [-0.25, -0.2) is 4.79 Å². The van der Waals surface area contributed by atoms with E-state index >= 15 is 0 Å². The Morgan fingerprint density at radius 1 is 0.640 bits per heavy atom. The third kappa shape index (κ3) is 5.49. The van der Waals surface area contributed by atoms with Crippen LogP contribution < -0.4 is 15.0 Å². The normalized spacial score (nSPS) is 15.5. The lowest BCUT2D eigenvalue weighted by Gasteiger charge is -2.39. The second kappa shape index (κ2) is 12.6. The van der Waals surface area contributed by atoms with E-state index in [1.807, 2.05) is 48.5 Å². The van der Waals surface area contributed by atoms with Crippen molar-refractivity contribution in [2.75, 3.05) is 10.2 Å². The molecule has 0 aromatic heterocycles. The van der Waals surface area contributed by atoms with Gasteiger partial charge >= 0.3 is 5.97 Å². The third-order valence-corrected chi connectivity index (χ3v) is 9.98. The molecule has 1 spiro atoms. The topological polar surface area (TPSA) is 50.8 Å². The molecule has 1 N–H and O–H groups in total. The summed E-state index contributed by atoms with van der Waals surface area (Å²) in [4.78, 5) is 16.2. The van der Waals surface area contributed by atoms with Gasteiger partial charge in [0, 0.05) is 35.6 Å². The quantitative estimate of drug-likeness (QED) is 0.165. The second-order valence-electron chi connectivity index (χ2n) is 13.5. The minimum absolute atomic E-state index is 0.347. The molecule has 2 heterocycles. The minimum Gasteiger partial charge on any atom is -0.456 e. The Morgan fingerprint density at radius 3 is 2.02 bits per heavy atom. The number of nitrogens with one attached hydrogen (secondary N) is 1. The summed E-state index contributed by atoms with van der Waals surface area (Å²) in [5.74, 6) is 0.972. The van der Waals surface area contributed by atoms with Gasteiger partial charge in [-0.2, -0.15) is 0 Å². The molecule has 0 saturated heterocycles. The summed E-state index contributed by atoms with van der Waals surface area (Å²) in [6.07, 6.45) is 0.877. The van der Waals surface area contributed by atoms with Crippen LogP contribution in [-0.2, 0) is 29.8 Å². The summed E-state index contributed by atoms with van der Waals surface area (Å²) in [6, 6.07) is 43.9. The molecule has 0 fully saturated rings. The van der Waals surface area contributed by atoms with Crippen LogP contribution in [0.3, 0.4) is 0 Å². The summed E-state index contributed by atoms with van der Waals surface area (Å²) >= 11 is 0. The first kappa shape index (κ1) is 31.5. The number of esters is 1. The van der Waals surface area contributed by atoms with Crippen LogP contribution in [0.15, 0.2) is 127 Å². The number of anilines is 3. The van der Waals surface area contributed by atoms with Crippen molar-refractivity contribution in [2.24, 2.45) is 0 Å². The van der Waals surface area contributed by atoms with E-state index in [9.17, 15) is 4.79 Å². The standard InChI is InChI=1S/C45H40N2O3/c1-5-34-25-31(4)17-23-39(34)46-40-11-8-12-42-43(40)45(37-10-7-6-9-36(37)44(48)50-45)38-26-35(22-24-41(38)49-42)47(27-32-18-13-29(2)14-19-32)28-33-20-15-30(3)16-21-33/h6-26,46H,5,27-28H2,1-4H3. The smallest absolute Gasteiger partial charge is 0.340 e. The highest BCUT2D eigenvalue weighted by Gasteiger charge is 2.55. The Labute approximate surface area is 294 Å². The number of aryl methyl sites for hydroxylation is 4. The molecule has 2 aliphatic rings. The van der Waals surface area contributed by atoms with Crippen molar-refractivity contribution in [2.45, 2.75) is 52.8 Å². The highest BCUT2D eigenvalue weighted by Crippen LogP contribution is 2.59. The van der Waals surface area contributed by atoms with Gasteiger partial charge in [0.05, 0.1) is 16.8 Å². The zero-order chi connectivity index (χ0) is 34.4. The predicted molar refractivity (Wildman–Crippen MR) is 201 cm³/mol. The van der Waals surface area contributed by atoms with Crippen molar-refractivity contribution in [1.82, 2.24) is 0 Å². The summed E-state index contributed by atoms with van der Waals surface area (Å²) in [5.41, 5.74) is 11.9. The zero-order valence-electron chi connectivity index (χ0n) is 28.9. The molecule has 6 aromatic rings. The summed E-state index contributed by atoms with van der Waals surface area (Å²) in [7, 11) is 0. The van der Waals surface area contributed by atoms with E-state index in [0.717, 1.165) is 40.2 Å². The Morgan fingerprint density at radius 2 is 1.32 bits per heavy atom. The van der Waals surface area contributed by atoms with Crippen LogP contribution in [0, 0.1) is 20.8 Å². The Hall–Kier alpha value is -5.81. The average molecular weight is 657 g/mol. The predicted octanol–water partition coefficient (Wildman–Crippen LogP) is 10.7. The Kier molecular flexibility index (Phi) is 7.91. The largest absolute Gasteiger partial charge is 0.456 e. The second-order valence-corrected chi connectivity index (χ2v) is 13.5. The van der Waals surface area contributed by atoms with Crippen molar-refractivity contribution < 1.29 is 14.3 Å². The van der Waals surface area contributed by atoms with Crippen molar-refractivity contribution >= 4 is 23.0 Å². The number of nitrogens with zero attached hydrogens (tertiary/aromatic N) is 1. The molecule has 1 atom stereocenters. The number of carbonyl (C=O) groups excluding carboxylic acids is 1. The molecule has 5 nitrogen and oxygen atoms in total. The summed E-state index contributed by atoms with van der Waals surface area (Å²) < 4.78 is 13.4. The Bertz CT molecular complexity index is 2190. The SMILES string of the molecule is CCc1cc(C)ccc1Nc1cccc2c1C1(OC(=O)c3ccccc31)c1cc(N(Cc3ccc(C)cc3)Cc3ccc(C)cc3)ccc1O2. The van der Waals surface area contributed by atoms with Crippen molar-refractivity contribution in [1.29, 1.82) is 0 Å². The van der Waals surface area contributed by atoms with Crippen LogP contribution in [0.2, 0.25) is 0 Å². The molecular weight excluding hydrogens is 617 g/mol. The number of carbonyl (C=O) groups is 1. The number of hydrogen-bond donors (Lipinski definition) is 1. The number of benzene rings is 6. The average Bonchev–Trinajstić information content (AvgIpc) is 3.42. The lowest BCUT2D eigenvalue weighted by atomic mass is 9.76. The lowest BCUT2D eigenvalue weighted by Crippen LogP contribution is -2.34. The van der Waals surface area contributed by atoms with Crippen LogP contribution >= 0.6 is 0 Å². The monoisotopic (exact) mass is 656 g/mol. The van der Waals surface area contributed by atoms with Crippen LogP contribution in [0.5, 0.6) is 11.5 Å². The van der Waals surface area contributed by atoms with E-state index in [0.29, 0.717) is 30.2 Å². The lowest BCUT2D eigenvalue weighted by molar-refractivity contribution is 0.0227. The van der Waals surface area contributed by atoms with E-state index in [1.54, 1.807) is 0 Å². The highest BCUT2D eigenvalue weighted by atomic mass is 16.6. The molecular formula is C45H40N2O3. The van der Waals surface area contributed by atoms with E-state index in [-0.39, 0.29) is 5.97 Å². The van der Waals surface area contributed by atoms with E-state index in [4.69, 9.17) is 9.47 Å². The van der Waals surface area contributed by atoms with Crippen molar-refractivity contribution in [3.63, 3.8) is 0 Å². The van der Waals surface area contributed by atoms with Crippen molar-refractivity contribution in [3.05, 3.63) is 183 Å². The number of fused-ring (bicyclic) bond motifs is 6. The molecule has 0 bridgehead atoms. The van der Waals surface area contributed by atoms with Crippen LogP contribution in [0.4, 0.5) is 17.1 Å². The number of hydrogen-bond acceptors (Lipinski definition) is 5. The van der Waals surface area contributed by atoms with Crippen LogP contribution in [-0.4, -0.2) is 5.97 Å². The zero-order valence-corrected chi connectivity index (χ0v) is 28.9. The molecule has 8 rings (SSSR count). The van der Waals surface area contributed by atoms with Gasteiger partial charge in [0.15, 0.2) is 5.60 Å². The molecule has 0 aliphatic carbocycles. The fourth-order valence-corrected chi connectivity index (χ4v) is 7.37. The van der Waals surface area contributed by atoms with Gasteiger partial charge in [0.2, 0.25) is 0 Å². The maximum absolute atomic E-state index is 13.8. The maximum atomic E-state index is 13.8. The summed E-state index contributed by atoms with van der Waals surface area (Å²) in [5, 5.41) is 3.74. The van der Waals surface area contributed by atoms with Gasteiger partial charge in [-0.3, -0.25) is 0 Å². The molecule has 1 unspecified atom stereocenters. The van der Waals surface area contributed by atoms with Crippen LogP contribution in [0.25, 0.3) is 0 Å². The fraction of sp³-hybridized carbons (Fsp3) is 0.178. The molecule has 0 amide bonds. The van der Waals surface area contributed by atoms with Gasteiger partial charge in [-0.05, 0) is 86.3 Å². The molecule has 50 heavy (non-hydrogen) atoms. The van der Waals surface area contributed by atoms with Gasteiger partial charge in [-0.1, -0.05) is 109 Å². The van der Waals surface area contributed by atoms with Gasteiger partial charge in [-0.15, -0.1) is 0 Å². The van der Waals surface area contributed by atoms with Gasteiger partial charge < -0.3 is 19.7 Å². The third-order valence-electron chi connectivity index (χ3n) is 9.98. The van der Waals surface area contributed by atoms with E-state index in [1.165, 1.54) is 33.4 Å². The molecule has 248 valence electrons. The van der Waals surface area contributed by atoms with Crippen LogP contribution in [0.1, 0.15) is 67.4 Å². The molecule has 2 aliphatic heterocycles. The molecule has 5 heteroatoms. The minimum atomic E-state index is -1.23.